The van der Waals surface area contributed by atoms with Crippen molar-refractivity contribution < 1.29 is 9.69 Å². The quantitative estimate of drug-likeness (QED) is 0.805. The van der Waals surface area contributed by atoms with Gasteiger partial charge in [-0.05, 0) is 25.5 Å². The normalized spacial score (nSPS) is 16.6. The van der Waals surface area contributed by atoms with Gasteiger partial charge in [-0.25, -0.2) is 4.98 Å². The van der Waals surface area contributed by atoms with Crippen LogP contribution >= 0.6 is 11.3 Å². The number of pyridine rings is 1. The molecule has 0 atom stereocenters. The van der Waals surface area contributed by atoms with E-state index < -0.39 is 0 Å². The number of fused-ring (bicyclic) bond motifs is 1. The van der Waals surface area contributed by atoms with Crippen molar-refractivity contribution in [3.05, 3.63) is 22.2 Å². The lowest BCUT2D eigenvalue weighted by Gasteiger charge is -2.29. The largest absolute Gasteiger partial charge is 0.397 e. The molecule has 1 fully saturated rings. The second-order valence-electron chi connectivity index (χ2n) is 5.85. The molecule has 0 saturated carbocycles. The molecule has 2 aromatic heterocycles. The molecule has 6 heteroatoms. The Hall–Kier alpha value is -1.66. The molecule has 112 valence electrons. The lowest BCUT2D eigenvalue weighted by Crippen LogP contribution is -3.12. The number of nitrogen functional groups attached to an aromatic ring is 1. The van der Waals surface area contributed by atoms with E-state index in [1.165, 1.54) is 16.2 Å². The van der Waals surface area contributed by atoms with Gasteiger partial charge in [0.2, 0.25) is 0 Å². The molecular weight excluding hydrogens is 284 g/mol. The van der Waals surface area contributed by atoms with E-state index in [0.29, 0.717) is 10.6 Å². The number of anilines is 1. The maximum atomic E-state index is 12.7. The van der Waals surface area contributed by atoms with Crippen LogP contribution in [0.1, 0.15) is 20.9 Å². The van der Waals surface area contributed by atoms with Crippen LogP contribution in [0.2, 0.25) is 0 Å². The van der Waals surface area contributed by atoms with Gasteiger partial charge in [-0.15, -0.1) is 11.3 Å². The van der Waals surface area contributed by atoms with Crippen molar-refractivity contribution in [2.24, 2.45) is 0 Å². The summed E-state index contributed by atoms with van der Waals surface area (Å²) in [6.07, 6.45) is 0. The van der Waals surface area contributed by atoms with Gasteiger partial charge in [0.15, 0.2) is 0 Å². The highest BCUT2D eigenvalue weighted by Gasteiger charge is 2.26. The number of nitrogens with two attached hydrogens (primary N) is 1. The molecule has 0 unspecified atom stereocenters. The Balaban J connectivity index is 1.99. The predicted octanol–water partition coefficient (Wildman–Crippen LogP) is 0.466. The molecule has 1 aliphatic rings. The summed E-state index contributed by atoms with van der Waals surface area (Å²) in [5.41, 5.74) is 8.89. The summed E-state index contributed by atoms with van der Waals surface area (Å²) in [6, 6.07) is 2.01. The van der Waals surface area contributed by atoms with E-state index in [-0.39, 0.29) is 5.91 Å². The highest BCUT2D eigenvalue weighted by Crippen LogP contribution is 2.35. The van der Waals surface area contributed by atoms with Gasteiger partial charge >= 0.3 is 0 Å². The molecule has 0 aliphatic carbocycles. The van der Waals surface area contributed by atoms with Gasteiger partial charge in [-0.1, -0.05) is 0 Å². The third-order valence-corrected chi connectivity index (χ3v) is 5.21. The lowest BCUT2D eigenvalue weighted by molar-refractivity contribution is -0.883. The fourth-order valence-corrected chi connectivity index (χ4v) is 4.05. The first-order valence-electron chi connectivity index (χ1n) is 7.24. The fourth-order valence-electron chi connectivity index (χ4n) is 2.86. The summed E-state index contributed by atoms with van der Waals surface area (Å²) < 4.78 is 0. The highest BCUT2D eigenvalue weighted by molar-refractivity contribution is 7.21. The molecule has 1 amide bonds. The molecule has 21 heavy (non-hydrogen) atoms. The minimum absolute atomic E-state index is 0.0556. The molecule has 2 aromatic rings. The number of thiophene rings is 1. The van der Waals surface area contributed by atoms with Crippen molar-refractivity contribution in [2.75, 3.05) is 39.0 Å². The molecule has 0 bridgehead atoms. The molecule has 3 heterocycles. The number of hydrogen-bond donors (Lipinski definition) is 2. The number of likely N-dealkylation sites (N-methyl/N-ethyl adjacent to an activating group) is 1. The summed E-state index contributed by atoms with van der Waals surface area (Å²) >= 11 is 1.42. The van der Waals surface area contributed by atoms with E-state index in [2.05, 4.69) is 12.0 Å². The van der Waals surface area contributed by atoms with E-state index >= 15 is 0 Å². The summed E-state index contributed by atoms with van der Waals surface area (Å²) in [4.78, 5) is 22.1. The number of quaternary nitrogens is 1. The van der Waals surface area contributed by atoms with Crippen molar-refractivity contribution >= 4 is 33.1 Å². The van der Waals surface area contributed by atoms with E-state index in [0.717, 1.165) is 47.7 Å². The number of nitrogens with one attached hydrogen (secondary N) is 1. The molecule has 5 nitrogen and oxygen atoms in total. The molecule has 0 aromatic carbocycles. The minimum atomic E-state index is 0.0556. The van der Waals surface area contributed by atoms with Gasteiger partial charge in [0.05, 0.1) is 38.9 Å². The van der Waals surface area contributed by atoms with Gasteiger partial charge in [-0.3, -0.25) is 4.79 Å². The number of nitrogens with zero attached hydrogens (tertiary/aromatic N) is 2. The fraction of sp³-hybridized carbons (Fsp3) is 0.467. The van der Waals surface area contributed by atoms with Crippen molar-refractivity contribution in [1.29, 1.82) is 0 Å². The smallest absolute Gasteiger partial charge is 0.266 e. The zero-order valence-corrected chi connectivity index (χ0v) is 13.5. The van der Waals surface area contributed by atoms with Crippen LogP contribution in [0.25, 0.3) is 10.2 Å². The Kier molecular flexibility index (Phi) is 3.59. The van der Waals surface area contributed by atoms with Gasteiger partial charge < -0.3 is 15.5 Å². The zero-order chi connectivity index (χ0) is 15.1. The van der Waals surface area contributed by atoms with Gasteiger partial charge in [0, 0.05) is 11.1 Å². The topological polar surface area (TPSA) is 63.7 Å². The van der Waals surface area contributed by atoms with Gasteiger partial charge in [0.1, 0.15) is 9.71 Å². The maximum Gasteiger partial charge on any atom is 0.266 e. The average Bonchev–Trinajstić information content (AvgIpc) is 2.76. The van der Waals surface area contributed by atoms with Crippen LogP contribution in [0, 0.1) is 13.8 Å². The molecule has 3 N–H and O–H groups in total. The Morgan fingerprint density at radius 1 is 1.38 bits per heavy atom. The van der Waals surface area contributed by atoms with Crippen molar-refractivity contribution in [3.63, 3.8) is 0 Å². The standard InChI is InChI=1S/C15H20N4OS/c1-9-8-10(2)17-14-11(9)12(16)13(21-14)15(20)19-6-4-18(3)5-7-19/h8H,4-7,16H2,1-3H3/p+1. The van der Waals surface area contributed by atoms with Crippen LogP contribution in [0.5, 0.6) is 0 Å². The molecule has 3 rings (SSSR count). The molecule has 1 saturated heterocycles. The predicted molar refractivity (Wildman–Crippen MR) is 86.0 cm³/mol. The van der Waals surface area contributed by atoms with E-state index in [1.807, 2.05) is 24.8 Å². The van der Waals surface area contributed by atoms with E-state index in [4.69, 9.17) is 5.73 Å². The van der Waals surface area contributed by atoms with E-state index in [1.54, 1.807) is 0 Å². The highest BCUT2D eigenvalue weighted by atomic mass is 32.1. The van der Waals surface area contributed by atoms with Crippen molar-refractivity contribution in [2.45, 2.75) is 13.8 Å². The number of rotatable bonds is 1. The Morgan fingerprint density at radius 3 is 2.71 bits per heavy atom. The number of hydrogen-bond acceptors (Lipinski definition) is 4. The third-order valence-electron chi connectivity index (χ3n) is 4.12. The SMILES string of the molecule is Cc1cc(C)c2c(N)c(C(=O)N3CC[NH+](C)CC3)sc2n1. The first kappa shape index (κ1) is 14.3. The van der Waals surface area contributed by atoms with Crippen LogP contribution in [0.4, 0.5) is 5.69 Å². The molecule has 0 radical (unpaired) electrons. The van der Waals surface area contributed by atoms with Crippen LogP contribution in [-0.2, 0) is 0 Å². The van der Waals surface area contributed by atoms with Crippen LogP contribution in [0.3, 0.4) is 0 Å². The lowest BCUT2D eigenvalue weighted by atomic mass is 10.1. The first-order chi connectivity index (χ1) is 9.97. The second-order valence-corrected chi connectivity index (χ2v) is 6.85. The molecular formula is C15H21N4OS+. The van der Waals surface area contributed by atoms with Crippen molar-refractivity contribution in [1.82, 2.24) is 9.88 Å². The zero-order valence-electron chi connectivity index (χ0n) is 12.7. The Bertz CT molecular complexity index is 701. The van der Waals surface area contributed by atoms with Crippen LogP contribution in [0.15, 0.2) is 6.07 Å². The summed E-state index contributed by atoms with van der Waals surface area (Å²) in [5.74, 6) is 0.0556. The number of carbonyl (C=O) groups excluding carboxylic acids is 1. The summed E-state index contributed by atoms with van der Waals surface area (Å²) in [6.45, 7) is 7.56. The monoisotopic (exact) mass is 305 g/mol. The van der Waals surface area contributed by atoms with Gasteiger partial charge in [-0.2, -0.15) is 0 Å². The second kappa shape index (κ2) is 5.27. The Labute approximate surface area is 128 Å². The van der Waals surface area contributed by atoms with Crippen molar-refractivity contribution in [3.8, 4) is 0 Å². The molecule has 0 spiro atoms. The maximum absolute atomic E-state index is 12.7. The number of aryl methyl sites for hydroxylation is 2. The number of amides is 1. The van der Waals surface area contributed by atoms with Gasteiger partial charge in [0.25, 0.3) is 5.91 Å². The summed E-state index contributed by atoms with van der Waals surface area (Å²) in [5, 5.41) is 0.939. The van der Waals surface area contributed by atoms with E-state index in [9.17, 15) is 4.79 Å². The summed E-state index contributed by atoms with van der Waals surface area (Å²) in [7, 11) is 2.16. The minimum Gasteiger partial charge on any atom is -0.397 e. The Morgan fingerprint density at radius 2 is 2.05 bits per heavy atom. The average molecular weight is 305 g/mol. The van der Waals surface area contributed by atoms with Crippen LogP contribution < -0.4 is 10.6 Å². The molecule has 1 aliphatic heterocycles. The third kappa shape index (κ3) is 2.49. The number of carbonyl (C=O) groups is 1. The number of aromatic nitrogens is 1. The first-order valence-corrected chi connectivity index (χ1v) is 8.06. The number of piperazine rings is 1. The van der Waals surface area contributed by atoms with Crippen LogP contribution in [-0.4, -0.2) is 49.0 Å².